The van der Waals surface area contributed by atoms with Gasteiger partial charge >= 0.3 is 7.12 Å². The molecule has 0 fully saturated rings. The van der Waals surface area contributed by atoms with Crippen LogP contribution >= 0.6 is 11.6 Å². The van der Waals surface area contributed by atoms with Gasteiger partial charge in [-0.3, -0.25) is 0 Å². The van der Waals surface area contributed by atoms with Crippen molar-refractivity contribution < 1.29 is 18.9 Å². The second-order valence-electron chi connectivity index (χ2n) is 2.66. The van der Waals surface area contributed by atoms with Crippen LogP contribution in [0.1, 0.15) is 0 Å². The fraction of sp³-hybridized carbons (Fsp3) is 0. The van der Waals surface area contributed by atoms with E-state index in [0.717, 1.165) is 6.20 Å². The number of halogens is 2. The van der Waals surface area contributed by atoms with Gasteiger partial charge in [-0.1, -0.05) is 11.6 Å². The SMILES string of the molecule is OB(O)c1cc2ncc(F)c(Cl)c2o1. The van der Waals surface area contributed by atoms with Crippen LogP contribution in [0.5, 0.6) is 0 Å². The molecule has 4 nitrogen and oxygen atoms in total. The number of fused-ring (bicyclic) bond motifs is 1. The molecule has 0 aliphatic heterocycles. The number of furan rings is 1. The number of aromatic nitrogens is 1. The Kier molecular flexibility index (Phi) is 2.18. The largest absolute Gasteiger partial charge is 0.526 e. The number of pyridine rings is 1. The van der Waals surface area contributed by atoms with E-state index < -0.39 is 12.9 Å². The first-order valence-corrected chi connectivity index (χ1v) is 4.07. The molecule has 0 aliphatic carbocycles. The fourth-order valence-electron chi connectivity index (χ4n) is 1.07. The molecule has 2 heterocycles. The van der Waals surface area contributed by atoms with Crippen molar-refractivity contribution in [1.29, 1.82) is 0 Å². The predicted octanol–water partition coefficient (Wildman–Crippen LogP) is 0.300. The van der Waals surface area contributed by atoms with Crippen molar-refractivity contribution in [1.82, 2.24) is 4.98 Å². The first kappa shape index (κ1) is 9.45. The highest BCUT2D eigenvalue weighted by molar-refractivity contribution is 6.57. The van der Waals surface area contributed by atoms with Crippen LogP contribution in [0.3, 0.4) is 0 Å². The first-order chi connectivity index (χ1) is 6.59. The van der Waals surface area contributed by atoms with E-state index in [0.29, 0.717) is 0 Å². The fourth-order valence-corrected chi connectivity index (χ4v) is 1.26. The van der Waals surface area contributed by atoms with Gasteiger partial charge in [0.15, 0.2) is 11.4 Å². The van der Waals surface area contributed by atoms with Crippen molar-refractivity contribution in [2.24, 2.45) is 0 Å². The summed E-state index contributed by atoms with van der Waals surface area (Å²) in [5.41, 5.74) is 0.161. The Hall–Kier alpha value is -1.11. The van der Waals surface area contributed by atoms with E-state index in [1.807, 2.05) is 0 Å². The van der Waals surface area contributed by atoms with Gasteiger partial charge in [-0.25, -0.2) is 9.37 Å². The second kappa shape index (κ2) is 3.23. The molecule has 0 saturated heterocycles. The summed E-state index contributed by atoms with van der Waals surface area (Å²) >= 11 is 5.57. The molecule has 72 valence electrons. The van der Waals surface area contributed by atoms with E-state index in [1.165, 1.54) is 6.07 Å². The van der Waals surface area contributed by atoms with Crippen molar-refractivity contribution >= 4 is 35.5 Å². The van der Waals surface area contributed by atoms with Crippen LogP contribution in [-0.4, -0.2) is 22.2 Å². The molecule has 0 radical (unpaired) electrons. The summed E-state index contributed by atoms with van der Waals surface area (Å²) in [6, 6.07) is 1.28. The number of rotatable bonds is 1. The molecule has 0 spiro atoms. The van der Waals surface area contributed by atoms with Crippen molar-refractivity contribution in [3.8, 4) is 0 Å². The summed E-state index contributed by atoms with van der Waals surface area (Å²) < 4.78 is 17.8. The van der Waals surface area contributed by atoms with Gasteiger partial charge in [0.25, 0.3) is 0 Å². The average molecular weight is 215 g/mol. The Morgan fingerprint density at radius 2 is 2.21 bits per heavy atom. The number of hydrogen-bond donors (Lipinski definition) is 2. The molecule has 0 atom stereocenters. The minimum absolute atomic E-state index is 0.00904. The summed E-state index contributed by atoms with van der Waals surface area (Å²) in [6.07, 6.45) is 0.938. The van der Waals surface area contributed by atoms with Crippen LogP contribution in [0.25, 0.3) is 11.1 Å². The van der Waals surface area contributed by atoms with E-state index >= 15 is 0 Å². The lowest BCUT2D eigenvalue weighted by atomic mass is 9.88. The lowest BCUT2D eigenvalue weighted by molar-refractivity contribution is 0.412. The van der Waals surface area contributed by atoms with E-state index in [1.54, 1.807) is 0 Å². The van der Waals surface area contributed by atoms with Crippen molar-refractivity contribution in [2.45, 2.75) is 0 Å². The van der Waals surface area contributed by atoms with E-state index in [4.69, 9.17) is 26.1 Å². The molecule has 0 bridgehead atoms. The number of hydrogen-bond acceptors (Lipinski definition) is 4. The molecule has 2 rings (SSSR count). The normalized spacial score (nSPS) is 10.9. The topological polar surface area (TPSA) is 66.5 Å². The molecule has 0 aromatic carbocycles. The summed E-state index contributed by atoms with van der Waals surface area (Å²) in [4.78, 5) is 3.67. The van der Waals surface area contributed by atoms with Crippen LogP contribution in [-0.2, 0) is 0 Å². The Labute approximate surface area is 83.1 Å². The first-order valence-electron chi connectivity index (χ1n) is 3.69. The standard InChI is InChI=1S/C7H4BClFNO3/c9-6-3(10)2-11-4-1-5(8(12)13)14-7(4)6/h1-2,12-13H. The van der Waals surface area contributed by atoms with Crippen molar-refractivity contribution in [3.63, 3.8) is 0 Å². The van der Waals surface area contributed by atoms with Gasteiger partial charge in [0.1, 0.15) is 16.2 Å². The van der Waals surface area contributed by atoms with Gasteiger partial charge in [0.2, 0.25) is 0 Å². The lowest BCUT2D eigenvalue weighted by Gasteiger charge is -1.93. The van der Waals surface area contributed by atoms with E-state index in [9.17, 15) is 4.39 Å². The third kappa shape index (κ3) is 1.37. The molecular formula is C7H4BClFNO3. The summed E-state index contributed by atoms with van der Waals surface area (Å²) in [5, 5.41) is 17.3. The molecule has 0 saturated carbocycles. The lowest BCUT2D eigenvalue weighted by Crippen LogP contribution is -2.27. The Morgan fingerprint density at radius 3 is 2.86 bits per heavy atom. The third-order valence-electron chi connectivity index (χ3n) is 1.71. The minimum Gasteiger partial charge on any atom is -0.461 e. The van der Waals surface area contributed by atoms with Gasteiger partial charge in [0, 0.05) is 6.07 Å². The van der Waals surface area contributed by atoms with Crippen LogP contribution < -0.4 is 5.66 Å². The Balaban J connectivity index is 2.71. The zero-order valence-electron chi connectivity index (χ0n) is 6.74. The van der Waals surface area contributed by atoms with Crippen molar-refractivity contribution in [3.05, 3.63) is 23.1 Å². The summed E-state index contributed by atoms with van der Waals surface area (Å²) in [7, 11) is -1.76. The van der Waals surface area contributed by atoms with Crippen LogP contribution in [0.2, 0.25) is 5.02 Å². The van der Waals surface area contributed by atoms with Gasteiger partial charge in [-0.15, -0.1) is 0 Å². The zero-order valence-corrected chi connectivity index (χ0v) is 7.49. The van der Waals surface area contributed by atoms with Crippen molar-refractivity contribution in [2.75, 3.05) is 0 Å². The molecular weight excluding hydrogens is 211 g/mol. The zero-order chi connectivity index (χ0) is 10.3. The Morgan fingerprint density at radius 1 is 1.50 bits per heavy atom. The molecule has 2 aromatic rings. The Bertz CT molecular complexity index is 487. The van der Waals surface area contributed by atoms with Crippen LogP contribution in [0.15, 0.2) is 16.7 Å². The van der Waals surface area contributed by atoms with E-state index in [2.05, 4.69) is 4.98 Å². The minimum atomic E-state index is -1.76. The van der Waals surface area contributed by atoms with Crippen LogP contribution in [0.4, 0.5) is 4.39 Å². The number of nitrogens with zero attached hydrogens (tertiary/aromatic N) is 1. The molecule has 2 N–H and O–H groups in total. The molecule has 7 heteroatoms. The second-order valence-corrected chi connectivity index (χ2v) is 3.03. The smallest absolute Gasteiger partial charge is 0.461 e. The summed E-state index contributed by atoms with van der Waals surface area (Å²) in [6.45, 7) is 0. The molecule has 2 aromatic heterocycles. The van der Waals surface area contributed by atoms with Gasteiger partial charge in [-0.05, 0) is 0 Å². The summed E-state index contributed by atoms with van der Waals surface area (Å²) in [5.74, 6) is -0.715. The quantitative estimate of drug-likeness (QED) is 0.672. The molecule has 0 amide bonds. The highest BCUT2D eigenvalue weighted by Gasteiger charge is 2.20. The van der Waals surface area contributed by atoms with Crippen LogP contribution in [0, 0.1) is 5.82 Å². The predicted molar refractivity (Wildman–Crippen MR) is 48.8 cm³/mol. The van der Waals surface area contributed by atoms with E-state index in [-0.39, 0.29) is 21.8 Å². The maximum Gasteiger partial charge on any atom is 0.526 e. The third-order valence-corrected chi connectivity index (χ3v) is 2.06. The van der Waals surface area contributed by atoms with Gasteiger partial charge < -0.3 is 14.5 Å². The average Bonchev–Trinajstić information content (AvgIpc) is 2.56. The maximum atomic E-state index is 12.9. The monoisotopic (exact) mass is 215 g/mol. The van der Waals surface area contributed by atoms with Gasteiger partial charge in [-0.2, -0.15) is 0 Å². The molecule has 14 heavy (non-hydrogen) atoms. The maximum absolute atomic E-state index is 12.9. The molecule has 0 unspecified atom stereocenters. The van der Waals surface area contributed by atoms with Gasteiger partial charge in [0.05, 0.1) is 6.20 Å². The molecule has 0 aliphatic rings. The highest BCUT2D eigenvalue weighted by Crippen LogP contribution is 2.24. The highest BCUT2D eigenvalue weighted by atomic mass is 35.5.